The molecule has 0 fully saturated rings. The van der Waals surface area contributed by atoms with Crippen molar-refractivity contribution in [2.75, 3.05) is 0 Å². The molecule has 0 spiro atoms. The number of carbonyl (C=O) groups is 1. The van der Waals surface area contributed by atoms with Crippen LogP contribution in [-0.2, 0) is 11.3 Å². The summed E-state index contributed by atoms with van der Waals surface area (Å²) in [6, 6.07) is 11.9. The fourth-order valence-electron chi connectivity index (χ4n) is 1.59. The van der Waals surface area contributed by atoms with Gasteiger partial charge < -0.3 is 4.74 Å². The molecule has 2 aromatic carbocycles. The van der Waals surface area contributed by atoms with Crippen LogP contribution in [-0.4, -0.2) is 10.9 Å². The minimum absolute atomic E-state index is 0.0538. The molecule has 0 atom stereocenters. The standard InChI is InChI=1S/C14H10FNO4.C2H6/c15-12-8-11(6-7-13(12)16(18)19)14(17)20-9-10-4-2-1-3-5-10;1-2/h1-8H,9H2;1-2H3. The van der Waals surface area contributed by atoms with E-state index in [1.165, 1.54) is 0 Å². The van der Waals surface area contributed by atoms with E-state index in [0.717, 1.165) is 23.8 Å². The molecule has 0 unspecified atom stereocenters. The van der Waals surface area contributed by atoms with Gasteiger partial charge in [0.25, 0.3) is 0 Å². The lowest BCUT2D eigenvalue weighted by molar-refractivity contribution is -0.387. The van der Waals surface area contributed by atoms with Gasteiger partial charge in [0.2, 0.25) is 5.82 Å². The molecule has 0 saturated carbocycles. The van der Waals surface area contributed by atoms with E-state index in [-0.39, 0.29) is 12.2 Å². The summed E-state index contributed by atoms with van der Waals surface area (Å²) in [4.78, 5) is 21.3. The quantitative estimate of drug-likeness (QED) is 0.484. The van der Waals surface area contributed by atoms with E-state index in [1.54, 1.807) is 24.3 Å². The SMILES string of the molecule is CC.O=C(OCc1ccccc1)c1ccc([N+](=O)[O-])c(F)c1. The second-order valence-electron chi connectivity index (χ2n) is 3.99. The average Bonchev–Trinajstić information content (AvgIpc) is 2.55. The summed E-state index contributed by atoms with van der Waals surface area (Å²) in [6.07, 6.45) is 0. The summed E-state index contributed by atoms with van der Waals surface area (Å²) < 4.78 is 18.4. The first-order chi connectivity index (χ1) is 10.6. The highest BCUT2D eigenvalue weighted by molar-refractivity contribution is 5.89. The largest absolute Gasteiger partial charge is 0.457 e. The Balaban J connectivity index is 0.00000116. The lowest BCUT2D eigenvalue weighted by atomic mass is 10.2. The molecule has 6 heteroatoms. The number of halogens is 1. The van der Waals surface area contributed by atoms with E-state index in [1.807, 2.05) is 19.9 Å². The van der Waals surface area contributed by atoms with Gasteiger partial charge in [0.1, 0.15) is 6.61 Å². The number of hydrogen-bond acceptors (Lipinski definition) is 4. The first kappa shape index (κ1) is 17.3. The number of ether oxygens (including phenoxy) is 1. The van der Waals surface area contributed by atoms with Gasteiger partial charge in [0.05, 0.1) is 10.5 Å². The Morgan fingerprint density at radius 3 is 2.36 bits per heavy atom. The van der Waals surface area contributed by atoms with E-state index >= 15 is 0 Å². The lowest BCUT2D eigenvalue weighted by Crippen LogP contribution is -2.06. The van der Waals surface area contributed by atoms with Gasteiger partial charge >= 0.3 is 11.7 Å². The van der Waals surface area contributed by atoms with Crippen molar-refractivity contribution in [2.24, 2.45) is 0 Å². The summed E-state index contributed by atoms with van der Waals surface area (Å²) in [5.74, 6) is -1.80. The minimum atomic E-state index is -1.07. The first-order valence-corrected chi connectivity index (χ1v) is 6.73. The van der Waals surface area contributed by atoms with Gasteiger partial charge in [-0.25, -0.2) is 4.79 Å². The van der Waals surface area contributed by atoms with Crippen molar-refractivity contribution in [3.8, 4) is 0 Å². The summed E-state index contributed by atoms with van der Waals surface area (Å²) in [5, 5.41) is 10.5. The Hall–Kier alpha value is -2.76. The topological polar surface area (TPSA) is 69.4 Å². The normalized spacial score (nSPS) is 9.41. The zero-order chi connectivity index (χ0) is 16.5. The van der Waals surface area contributed by atoms with Crippen LogP contribution in [0, 0.1) is 15.9 Å². The van der Waals surface area contributed by atoms with Gasteiger partial charge in [-0.05, 0) is 17.7 Å². The highest BCUT2D eigenvalue weighted by Crippen LogP contribution is 2.18. The van der Waals surface area contributed by atoms with E-state index in [2.05, 4.69) is 0 Å². The highest BCUT2D eigenvalue weighted by atomic mass is 19.1. The zero-order valence-electron chi connectivity index (χ0n) is 12.3. The van der Waals surface area contributed by atoms with Crippen LogP contribution < -0.4 is 0 Å². The fraction of sp³-hybridized carbons (Fsp3) is 0.188. The molecule has 0 aliphatic heterocycles. The molecule has 0 N–H and O–H groups in total. The molecule has 0 aliphatic carbocycles. The van der Waals surface area contributed by atoms with Crippen molar-refractivity contribution in [3.05, 3.63) is 75.6 Å². The molecule has 116 valence electrons. The van der Waals surface area contributed by atoms with E-state index in [9.17, 15) is 19.3 Å². The van der Waals surface area contributed by atoms with Crippen molar-refractivity contribution in [1.82, 2.24) is 0 Å². The molecule has 0 saturated heterocycles. The average molecular weight is 305 g/mol. The Morgan fingerprint density at radius 2 is 1.82 bits per heavy atom. The Labute approximate surface area is 127 Å². The molecular weight excluding hydrogens is 289 g/mol. The predicted molar refractivity (Wildman–Crippen MR) is 80.0 cm³/mol. The van der Waals surface area contributed by atoms with Crippen molar-refractivity contribution < 1.29 is 18.8 Å². The molecule has 5 nitrogen and oxygen atoms in total. The number of nitro benzene ring substituents is 1. The van der Waals surface area contributed by atoms with Crippen LogP contribution >= 0.6 is 0 Å². The highest BCUT2D eigenvalue weighted by Gasteiger charge is 2.17. The van der Waals surface area contributed by atoms with Crippen LogP contribution in [0.15, 0.2) is 48.5 Å². The van der Waals surface area contributed by atoms with Gasteiger partial charge in [-0.15, -0.1) is 0 Å². The Kier molecular flexibility index (Phi) is 6.69. The van der Waals surface area contributed by atoms with Crippen LogP contribution in [0.25, 0.3) is 0 Å². The second-order valence-corrected chi connectivity index (χ2v) is 3.99. The van der Waals surface area contributed by atoms with Gasteiger partial charge in [-0.1, -0.05) is 44.2 Å². The molecule has 0 heterocycles. The number of esters is 1. The lowest BCUT2D eigenvalue weighted by Gasteiger charge is -2.05. The molecule has 0 radical (unpaired) electrons. The maximum absolute atomic E-state index is 13.4. The van der Waals surface area contributed by atoms with E-state index in [0.29, 0.717) is 0 Å². The molecule has 0 aromatic heterocycles. The number of carbonyl (C=O) groups excluding carboxylic acids is 1. The minimum Gasteiger partial charge on any atom is -0.457 e. The second kappa shape index (κ2) is 8.51. The third-order valence-electron chi connectivity index (χ3n) is 2.59. The van der Waals surface area contributed by atoms with Crippen LogP contribution in [0.1, 0.15) is 29.8 Å². The van der Waals surface area contributed by atoms with Gasteiger partial charge in [0, 0.05) is 6.07 Å². The maximum Gasteiger partial charge on any atom is 0.338 e. The summed E-state index contributed by atoms with van der Waals surface area (Å²) in [6.45, 7) is 4.05. The predicted octanol–water partition coefficient (Wildman–Crippen LogP) is 4.12. The molecule has 2 rings (SSSR count). The van der Waals surface area contributed by atoms with Gasteiger partial charge in [-0.2, -0.15) is 4.39 Å². The van der Waals surface area contributed by atoms with Crippen molar-refractivity contribution in [1.29, 1.82) is 0 Å². The number of hydrogen-bond donors (Lipinski definition) is 0. The number of nitro groups is 1. The van der Waals surface area contributed by atoms with Crippen LogP contribution in [0.5, 0.6) is 0 Å². The molecular formula is C16H16FNO4. The molecule has 0 aliphatic rings. The third kappa shape index (κ3) is 4.66. The molecule has 2 aromatic rings. The van der Waals surface area contributed by atoms with Gasteiger partial charge in [0.15, 0.2) is 0 Å². The first-order valence-electron chi connectivity index (χ1n) is 6.73. The third-order valence-corrected chi connectivity index (χ3v) is 2.59. The van der Waals surface area contributed by atoms with Crippen LogP contribution in [0.4, 0.5) is 10.1 Å². The summed E-state index contributed by atoms with van der Waals surface area (Å²) in [5.41, 5.74) is 0.0527. The number of nitrogens with zero attached hydrogens (tertiary/aromatic N) is 1. The number of benzene rings is 2. The summed E-state index contributed by atoms with van der Waals surface area (Å²) in [7, 11) is 0. The monoisotopic (exact) mass is 305 g/mol. The maximum atomic E-state index is 13.4. The Bertz CT molecular complexity index is 644. The molecule has 22 heavy (non-hydrogen) atoms. The number of rotatable bonds is 4. The fourth-order valence-corrected chi connectivity index (χ4v) is 1.59. The molecule has 0 bridgehead atoms. The van der Waals surface area contributed by atoms with Crippen LogP contribution in [0.2, 0.25) is 0 Å². The van der Waals surface area contributed by atoms with E-state index in [4.69, 9.17) is 4.74 Å². The van der Waals surface area contributed by atoms with Crippen LogP contribution in [0.3, 0.4) is 0 Å². The van der Waals surface area contributed by atoms with Crippen molar-refractivity contribution in [3.63, 3.8) is 0 Å². The van der Waals surface area contributed by atoms with E-state index < -0.39 is 22.4 Å². The molecule has 0 amide bonds. The zero-order valence-corrected chi connectivity index (χ0v) is 12.3. The van der Waals surface area contributed by atoms with Crippen molar-refractivity contribution >= 4 is 11.7 Å². The van der Waals surface area contributed by atoms with Crippen molar-refractivity contribution in [2.45, 2.75) is 20.5 Å². The Morgan fingerprint density at radius 1 is 1.18 bits per heavy atom. The summed E-state index contributed by atoms with van der Waals surface area (Å²) >= 11 is 0. The van der Waals surface area contributed by atoms with Gasteiger partial charge in [-0.3, -0.25) is 10.1 Å². The smallest absolute Gasteiger partial charge is 0.338 e.